The van der Waals surface area contributed by atoms with Gasteiger partial charge in [-0.25, -0.2) is 4.98 Å². The maximum atomic E-state index is 12.7. The molecule has 2 aliphatic heterocycles. The molecule has 9 heteroatoms. The van der Waals surface area contributed by atoms with Gasteiger partial charge in [0.15, 0.2) is 0 Å². The smallest absolute Gasteiger partial charge is 0.246 e. The first-order chi connectivity index (χ1) is 12.5. The second-order valence-electron chi connectivity index (χ2n) is 7.07. The molecule has 1 spiro atoms. The second-order valence-corrected chi connectivity index (χ2v) is 8.05. The number of nitrogens with zero attached hydrogens (tertiary/aromatic N) is 6. The van der Waals surface area contributed by atoms with E-state index in [0.717, 1.165) is 36.8 Å². The summed E-state index contributed by atoms with van der Waals surface area (Å²) < 4.78 is 1.69. The van der Waals surface area contributed by atoms with Crippen LogP contribution in [0, 0.1) is 0 Å². The molecule has 0 bridgehead atoms. The van der Waals surface area contributed by atoms with E-state index in [2.05, 4.69) is 15.0 Å². The zero-order chi connectivity index (χ0) is 18.3. The Morgan fingerprint density at radius 1 is 1.38 bits per heavy atom. The molecule has 0 N–H and O–H groups in total. The van der Waals surface area contributed by atoms with Crippen LogP contribution in [0.3, 0.4) is 0 Å². The molecule has 0 aliphatic carbocycles. The van der Waals surface area contributed by atoms with E-state index >= 15 is 0 Å². The van der Waals surface area contributed by atoms with Gasteiger partial charge in [-0.1, -0.05) is 0 Å². The number of carbonyl (C=O) groups is 2. The van der Waals surface area contributed by atoms with Crippen LogP contribution >= 0.6 is 11.3 Å². The summed E-state index contributed by atoms with van der Waals surface area (Å²) in [6.07, 6.45) is 6.22. The zero-order valence-corrected chi connectivity index (χ0v) is 15.8. The van der Waals surface area contributed by atoms with Gasteiger partial charge in [-0.15, -0.1) is 11.3 Å². The van der Waals surface area contributed by atoms with E-state index in [9.17, 15) is 9.59 Å². The maximum Gasteiger partial charge on any atom is 0.246 e. The van der Waals surface area contributed by atoms with Crippen molar-refractivity contribution in [2.24, 2.45) is 7.05 Å². The molecule has 0 aromatic carbocycles. The minimum absolute atomic E-state index is 0.0414. The van der Waals surface area contributed by atoms with Gasteiger partial charge in [0.25, 0.3) is 0 Å². The van der Waals surface area contributed by atoms with Crippen LogP contribution in [0.1, 0.15) is 18.4 Å². The third-order valence-electron chi connectivity index (χ3n) is 5.26. The Bertz CT molecular complexity index is 819. The molecule has 4 rings (SSSR count). The summed E-state index contributed by atoms with van der Waals surface area (Å²) in [5.74, 6) is -0.0996. The van der Waals surface area contributed by atoms with Gasteiger partial charge in [-0.3, -0.25) is 19.2 Å². The summed E-state index contributed by atoms with van der Waals surface area (Å²) in [6, 6.07) is 0. The number of anilines is 1. The van der Waals surface area contributed by atoms with Crippen molar-refractivity contribution in [3.05, 3.63) is 29.0 Å². The van der Waals surface area contributed by atoms with Gasteiger partial charge in [0.1, 0.15) is 11.6 Å². The fourth-order valence-electron chi connectivity index (χ4n) is 4.03. The van der Waals surface area contributed by atoms with E-state index < -0.39 is 0 Å². The Labute approximate surface area is 156 Å². The van der Waals surface area contributed by atoms with E-state index in [1.54, 1.807) is 38.9 Å². The van der Waals surface area contributed by atoms with Crippen LogP contribution in [-0.4, -0.2) is 68.1 Å². The number of hydrogen-bond acceptors (Lipinski definition) is 6. The molecule has 2 aliphatic rings. The SMILES string of the molecule is CC(=O)N1CC(=O)N(c2cnn(C)c2)C[C@@]12CCN(Cc1nccs1)C2. The monoisotopic (exact) mass is 374 g/mol. The molecular weight excluding hydrogens is 352 g/mol. The molecule has 138 valence electrons. The lowest BCUT2D eigenvalue weighted by molar-refractivity contribution is -0.142. The number of aromatic nitrogens is 3. The van der Waals surface area contributed by atoms with Gasteiger partial charge < -0.3 is 9.80 Å². The second kappa shape index (κ2) is 6.48. The first-order valence-electron chi connectivity index (χ1n) is 8.65. The van der Waals surface area contributed by atoms with Crippen molar-refractivity contribution in [3.63, 3.8) is 0 Å². The summed E-state index contributed by atoms with van der Waals surface area (Å²) in [6.45, 7) is 4.60. The average Bonchev–Trinajstić information content (AvgIpc) is 3.33. The number of aryl methyl sites for hydroxylation is 1. The van der Waals surface area contributed by atoms with Crippen LogP contribution in [0.15, 0.2) is 24.0 Å². The summed E-state index contributed by atoms with van der Waals surface area (Å²) in [7, 11) is 1.83. The molecule has 0 radical (unpaired) electrons. The lowest BCUT2D eigenvalue weighted by atomic mass is 9.92. The third kappa shape index (κ3) is 3.01. The van der Waals surface area contributed by atoms with Crippen molar-refractivity contribution in [2.75, 3.05) is 31.1 Å². The fourth-order valence-corrected chi connectivity index (χ4v) is 4.69. The van der Waals surface area contributed by atoms with E-state index in [1.807, 2.05) is 24.8 Å². The lowest BCUT2D eigenvalue weighted by Gasteiger charge is -2.47. The largest absolute Gasteiger partial charge is 0.325 e. The average molecular weight is 374 g/mol. The molecule has 8 nitrogen and oxygen atoms in total. The Morgan fingerprint density at radius 3 is 2.88 bits per heavy atom. The van der Waals surface area contributed by atoms with Crippen molar-refractivity contribution in [2.45, 2.75) is 25.4 Å². The molecule has 2 fully saturated rings. The molecule has 26 heavy (non-hydrogen) atoms. The normalized spacial score (nSPS) is 24.0. The molecule has 1 atom stereocenters. The van der Waals surface area contributed by atoms with E-state index in [1.165, 1.54) is 0 Å². The highest BCUT2D eigenvalue weighted by Gasteiger charge is 2.50. The number of likely N-dealkylation sites (tertiary alicyclic amines) is 1. The highest BCUT2D eigenvalue weighted by molar-refractivity contribution is 7.09. The quantitative estimate of drug-likeness (QED) is 0.791. The molecule has 2 saturated heterocycles. The van der Waals surface area contributed by atoms with Gasteiger partial charge in [0.2, 0.25) is 11.8 Å². The molecule has 0 unspecified atom stereocenters. The minimum atomic E-state index is -0.354. The minimum Gasteiger partial charge on any atom is -0.325 e. The fraction of sp³-hybridized carbons (Fsp3) is 0.529. The van der Waals surface area contributed by atoms with Crippen molar-refractivity contribution in [3.8, 4) is 0 Å². The van der Waals surface area contributed by atoms with Crippen LogP contribution < -0.4 is 4.90 Å². The van der Waals surface area contributed by atoms with Crippen molar-refractivity contribution in [1.82, 2.24) is 24.6 Å². The highest BCUT2D eigenvalue weighted by Crippen LogP contribution is 2.35. The predicted octanol–water partition coefficient (Wildman–Crippen LogP) is 0.716. The number of piperazine rings is 1. The molecule has 4 heterocycles. The topological polar surface area (TPSA) is 74.6 Å². The van der Waals surface area contributed by atoms with Gasteiger partial charge in [-0.2, -0.15) is 5.10 Å². The summed E-state index contributed by atoms with van der Waals surface area (Å²) in [5.41, 5.74) is 0.436. The third-order valence-corrected chi connectivity index (χ3v) is 6.02. The van der Waals surface area contributed by atoms with E-state index in [0.29, 0.717) is 6.54 Å². The Balaban J connectivity index is 1.58. The number of rotatable bonds is 3. The molecule has 0 saturated carbocycles. The number of thiazole rings is 1. The maximum absolute atomic E-state index is 12.7. The highest BCUT2D eigenvalue weighted by atomic mass is 32.1. The summed E-state index contributed by atoms with van der Waals surface area (Å²) in [4.78, 5) is 35.2. The van der Waals surface area contributed by atoms with Gasteiger partial charge in [0, 0.05) is 44.8 Å². The van der Waals surface area contributed by atoms with Gasteiger partial charge in [-0.05, 0) is 6.42 Å². The van der Waals surface area contributed by atoms with Crippen LogP contribution in [0.4, 0.5) is 5.69 Å². The van der Waals surface area contributed by atoms with Crippen molar-refractivity contribution >= 4 is 28.8 Å². The van der Waals surface area contributed by atoms with Gasteiger partial charge in [0.05, 0.1) is 30.5 Å². The van der Waals surface area contributed by atoms with Crippen LogP contribution in [-0.2, 0) is 23.2 Å². The molecule has 2 aromatic heterocycles. The van der Waals surface area contributed by atoms with Gasteiger partial charge >= 0.3 is 0 Å². The summed E-state index contributed by atoms with van der Waals surface area (Å²) in [5, 5.41) is 7.24. The number of amides is 2. The first-order valence-corrected chi connectivity index (χ1v) is 9.53. The lowest BCUT2D eigenvalue weighted by Crippen LogP contribution is -2.66. The Morgan fingerprint density at radius 2 is 2.23 bits per heavy atom. The molecule has 2 amide bonds. The first kappa shape index (κ1) is 17.2. The van der Waals surface area contributed by atoms with Crippen LogP contribution in [0.2, 0.25) is 0 Å². The predicted molar refractivity (Wildman–Crippen MR) is 97.7 cm³/mol. The molecule has 2 aromatic rings. The Hall–Kier alpha value is -2.26. The van der Waals surface area contributed by atoms with Crippen molar-refractivity contribution in [1.29, 1.82) is 0 Å². The number of hydrogen-bond donors (Lipinski definition) is 0. The molecular formula is C17H22N6O2S. The van der Waals surface area contributed by atoms with E-state index in [4.69, 9.17) is 0 Å². The van der Waals surface area contributed by atoms with Crippen LogP contribution in [0.5, 0.6) is 0 Å². The van der Waals surface area contributed by atoms with Crippen molar-refractivity contribution < 1.29 is 9.59 Å². The standard InChI is InChI=1S/C17H22N6O2S/c1-13(24)23-10-16(25)22(14-7-19-20(2)8-14)12-17(23)3-5-21(11-17)9-15-18-4-6-26-15/h4,6-8H,3,5,9-12H2,1-2H3/t17-/m0/s1. The van der Waals surface area contributed by atoms with Crippen LogP contribution in [0.25, 0.3) is 0 Å². The number of carbonyl (C=O) groups excluding carboxylic acids is 2. The summed E-state index contributed by atoms with van der Waals surface area (Å²) >= 11 is 1.64. The zero-order valence-electron chi connectivity index (χ0n) is 15.0. The Kier molecular flexibility index (Phi) is 4.28. The van der Waals surface area contributed by atoms with E-state index in [-0.39, 0.29) is 23.9 Å².